The van der Waals surface area contributed by atoms with Gasteiger partial charge in [0.15, 0.2) is 0 Å². The molecule has 4 rings (SSSR count). The van der Waals surface area contributed by atoms with E-state index < -0.39 is 0 Å². The molecule has 0 unspecified atom stereocenters. The number of hydrogen-bond donors (Lipinski definition) is 1. The molecule has 2 aromatic rings. The molecular formula is C17H17FN2O. The van der Waals surface area contributed by atoms with Gasteiger partial charge in [-0.2, -0.15) is 0 Å². The molecule has 21 heavy (non-hydrogen) atoms. The molecule has 0 saturated heterocycles. The van der Waals surface area contributed by atoms with Gasteiger partial charge in [0.2, 0.25) is 5.91 Å². The zero-order valence-corrected chi connectivity index (χ0v) is 11.7. The SMILES string of the molecule is O=C(C1CC1)N1CC=C(c2c[nH]c3cc(F)ccc23)CC1. The first-order chi connectivity index (χ1) is 10.2. The predicted octanol–water partition coefficient (Wildman–Crippen LogP) is 3.33. The number of rotatable bonds is 2. The maximum Gasteiger partial charge on any atom is 0.225 e. The van der Waals surface area contributed by atoms with Gasteiger partial charge in [-0.1, -0.05) is 6.08 Å². The Morgan fingerprint density at radius 2 is 2.19 bits per heavy atom. The van der Waals surface area contributed by atoms with Crippen LogP contribution in [0.25, 0.3) is 16.5 Å². The van der Waals surface area contributed by atoms with Crippen molar-refractivity contribution in [3.8, 4) is 0 Å². The van der Waals surface area contributed by atoms with E-state index in [0.29, 0.717) is 12.5 Å². The van der Waals surface area contributed by atoms with E-state index in [1.807, 2.05) is 17.2 Å². The van der Waals surface area contributed by atoms with Gasteiger partial charge in [0.1, 0.15) is 5.82 Å². The molecule has 1 N–H and O–H groups in total. The number of halogens is 1. The Morgan fingerprint density at radius 1 is 1.33 bits per heavy atom. The summed E-state index contributed by atoms with van der Waals surface area (Å²) in [5.74, 6) is 0.372. The number of H-pyrrole nitrogens is 1. The van der Waals surface area contributed by atoms with E-state index in [1.54, 1.807) is 0 Å². The zero-order valence-electron chi connectivity index (χ0n) is 11.7. The van der Waals surface area contributed by atoms with Gasteiger partial charge in [-0.05, 0) is 43.0 Å². The molecule has 4 heteroatoms. The summed E-state index contributed by atoms with van der Waals surface area (Å²) in [7, 11) is 0. The number of fused-ring (bicyclic) bond motifs is 1. The summed E-state index contributed by atoms with van der Waals surface area (Å²) in [5, 5.41) is 1.05. The maximum absolute atomic E-state index is 13.2. The molecule has 1 amide bonds. The van der Waals surface area contributed by atoms with Gasteiger partial charge in [0.05, 0.1) is 0 Å². The van der Waals surface area contributed by atoms with Crippen LogP contribution in [0, 0.1) is 11.7 Å². The molecule has 0 radical (unpaired) electrons. The fraction of sp³-hybridized carbons (Fsp3) is 0.353. The van der Waals surface area contributed by atoms with Crippen LogP contribution in [0.5, 0.6) is 0 Å². The molecule has 1 aromatic heterocycles. The first-order valence-electron chi connectivity index (χ1n) is 7.47. The second-order valence-electron chi connectivity index (χ2n) is 5.93. The molecule has 2 aliphatic rings. The minimum atomic E-state index is -0.227. The third-order valence-electron chi connectivity index (χ3n) is 4.44. The molecule has 0 spiro atoms. The normalized spacial score (nSPS) is 18.9. The van der Waals surface area contributed by atoms with Crippen molar-refractivity contribution in [3.05, 3.63) is 41.9 Å². The van der Waals surface area contributed by atoms with Crippen molar-refractivity contribution in [2.75, 3.05) is 13.1 Å². The second kappa shape index (κ2) is 4.72. The van der Waals surface area contributed by atoms with Crippen molar-refractivity contribution in [2.45, 2.75) is 19.3 Å². The number of carbonyl (C=O) groups is 1. The average Bonchev–Trinajstić information content (AvgIpc) is 3.27. The van der Waals surface area contributed by atoms with Crippen molar-refractivity contribution >= 4 is 22.4 Å². The van der Waals surface area contributed by atoms with Gasteiger partial charge in [-0.25, -0.2) is 4.39 Å². The Balaban J connectivity index is 1.60. The van der Waals surface area contributed by atoms with Crippen molar-refractivity contribution < 1.29 is 9.18 Å². The lowest BCUT2D eigenvalue weighted by Crippen LogP contribution is -2.35. The summed E-state index contributed by atoms with van der Waals surface area (Å²) in [6, 6.07) is 4.83. The molecule has 2 heterocycles. The lowest BCUT2D eigenvalue weighted by molar-refractivity contribution is -0.132. The molecule has 1 aliphatic heterocycles. The van der Waals surface area contributed by atoms with E-state index in [-0.39, 0.29) is 11.7 Å². The van der Waals surface area contributed by atoms with Crippen molar-refractivity contribution in [1.29, 1.82) is 0 Å². The second-order valence-corrected chi connectivity index (χ2v) is 5.93. The van der Waals surface area contributed by atoms with E-state index >= 15 is 0 Å². The highest BCUT2D eigenvalue weighted by molar-refractivity contribution is 5.93. The molecule has 3 nitrogen and oxygen atoms in total. The van der Waals surface area contributed by atoms with Gasteiger partial charge in [0.25, 0.3) is 0 Å². The summed E-state index contributed by atoms with van der Waals surface area (Å²) in [4.78, 5) is 17.1. The number of benzene rings is 1. The summed E-state index contributed by atoms with van der Waals surface area (Å²) >= 11 is 0. The summed E-state index contributed by atoms with van der Waals surface area (Å²) in [5.41, 5.74) is 3.19. The number of aromatic amines is 1. The highest BCUT2D eigenvalue weighted by Crippen LogP contribution is 2.34. The van der Waals surface area contributed by atoms with Crippen LogP contribution >= 0.6 is 0 Å². The van der Waals surface area contributed by atoms with E-state index in [9.17, 15) is 9.18 Å². The maximum atomic E-state index is 13.2. The van der Waals surface area contributed by atoms with Crippen LogP contribution in [0.3, 0.4) is 0 Å². The summed E-state index contributed by atoms with van der Waals surface area (Å²) in [6.45, 7) is 1.48. The van der Waals surface area contributed by atoms with Crippen LogP contribution in [0.15, 0.2) is 30.5 Å². The lowest BCUT2D eigenvalue weighted by atomic mass is 9.98. The zero-order chi connectivity index (χ0) is 14.4. The van der Waals surface area contributed by atoms with Crippen molar-refractivity contribution in [3.63, 3.8) is 0 Å². The fourth-order valence-electron chi connectivity index (χ4n) is 3.07. The highest BCUT2D eigenvalue weighted by atomic mass is 19.1. The summed E-state index contributed by atoms with van der Waals surface area (Å²) in [6.07, 6.45) is 7.05. The first kappa shape index (κ1) is 12.6. The van der Waals surface area contributed by atoms with Crippen LogP contribution in [-0.4, -0.2) is 28.9 Å². The third-order valence-corrected chi connectivity index (χ3v) is 4.44. The number of amides is 1. The monoisotopic (exact) mass is 284 g/mol. The van der Waals surface area contributed by atoms with Crippen LogP contribution in [0.2, 0.25) is 0 Å². The van der Waals surface area contributed by atoms with Crippen LogP contribution in [-0.2, 0) is 4.79 Å². The summed E-state index contributed by atoms with van der Waals surface area (Å²) < 4.78 is 13.2. The van der Waals surface area contributed by atoms with E-state index in [1.165, 1.54) is 17.7 Å². The number of hydrogen-bond acceptors (Lipinski definition) is 1. The molecular weight excluding hydrogens is 267 g/mol. The van der Waals surface area contributed by atoms with Crippen molar-refractivity contribution in [1.82, 2.24) is 9.88 Å². The molecule has 1 aromatic carbocycles. The van der Waals surface area contributed by atoms with Crippen LogP contribution < -0.4 is 0 Å². The first-order valence-corrected chi connectivity index (χ1v) is 7.47. The van der Waals surface area contributed by atoms with Gasteiger partial charge in [-0.15, -0.1) is 0 Å². The smallest absolute Gasteiger partial charge is 0.225 e. The largest absolute Gasteiger partial charge is 0.360 e. The Hall–Kier alpha value is -2.10. The van der Waals surface area contributed by atoms with Crippen molar-refractivity contribution in [2.24, 2.45) is 5.92 Å². The molecule has 1 fully saturated rings. The van der Waals surface area contributed by atoms with Crippen LogP contribution in [0.1, 0.15) is 24.8 Å². The molecule has 108 valence electrons. The predicted molar refractivity (Wildman–Crippen MR) is 80.2 cm³/mol. The van der Waals surface area contributed by atoms with Gasteiger partial charge in [0, 0.05) is 41.7 Å². The minimum Gasteiger partial charge on any atom is -0.360 e. The Morgan fingerprint density at radius 3 is 2.90 bits per heavy atom. The quantitative estimate of drug-likeness (QED) is 0.902. The standard InChI is InChI=1S/C17H17FN2O/c18-13-3-4-14-15(10-19-16(14)9-13)11-5-7-20(8-6-11)17(21)12-1-2-12/h3-5,9-10,12,19H,1-2,6-8H2. The minimum absolute atomic E-state index is 0.227. The van der Waals surface area contributed by atoms with E-state index in [4.69, 9.17) is 0 Å². The van der Waals surface area contributed by atoms with Gasteiger partial charge < -0.3 is 9.88 Å². The Bertz CT molecular complexity index is 742. The third kappa shape index (κ3) is 2.24. The van der Waals surface area contributed by atoms with E-state index in [0.717, 1.165) is 42.3 Å². The fourth-order valence-corrected chi connectivity index (χ4v) is 3.07. The van der Waals surface area contributed by atoms with E-state index in [2.05, 4.69) is 11.1 Å². The molecule has 0 bridgehead atoms. The Kier molecular flexibility index (Phi) is 2.84. The topological polar surface area (TPSA) is 36.1 Å². The number of aromatic nitrogens is 1. The molecule has 0 atom stereocenters. The molecule has 1 aliphatic carbocycles. The Labute approximate surface area is 122 Å². The van der Waals surface area contributed by atoms with Crippen LogP contribution in [0.4, 0.5) is 4.39 Å². The number of carbonyl (C=O) groups excluding carboxylic acids is 1. The average molecular weight is 284 g/mol. The number of nitrogens with one attached hydrogen (secondary N) is 1. The lowest BCUT2D eigenvalue weighted by Gasteiger charge is -2.26. The highest BCUT2D eigenvalue weighted by Gasteiger charge is 2.33. The number of nitrogens with zero attached hydrogens (tertiary/aromatic N) is 1. The molecule has 1 saturated carbocycles. The van der Waals surface area contributed by atoms with Gasteiger partial charge in [-0.3, -0.25) is 4.79 Å². The van der Waals surface area contributed by atoms with Gasteiger partial charge >= 0.3 is 0 Å².